The van der Waals surface area contributed by atoms with Crippen LogP contribution in [0.4, 0.5) is 11.4 Å². The van der Waals surface area contributed by atoms with Crippen LogP contribution in [0.1, 0.15) is 54.6 Å². The summed E-state index contributed by atoms with van der Waals surface area (Å²) in [5.41, 5.74) is 3.94. The Kier molecular flexibility index (Phi) is 10.5. The Morgan fingerprint density at radius 2 is 1.63 bits per heavy atom. The Morgan fingerprint density at radius 3 is 2.29 bits per heavy atom. The van der Waals surface area contributed by atoms with Crippen molar-refractivity contribution < 1.29 is 14.4 Å². The van der Waals surface area contributed by atoms with E-state index in [1.165, 1.54) is 28.7 Å². The lowest BCUT2D eigenvalue weighted by Crippen LogP contribution is -2.30. The molecule has 210 valence electrons. The normalized spacial score (nSPS) is 12.0. The molecule has 0 saturated heterocycles. The Hall–Kier alpha value is -4.14. The molecule has 0 aliphatic carbocycles. The van der Waals surface area contributed by atoms with Crippen LogP contribution in [0.3, 0.4) is 0 Å². The highest BCUT2D eigenvalue weighted by Gasteiger charge is 2.19. The lowest BCUT2D eigenvalue weighted by molar-refractivity contribution is -0.116. The molecule has 3 N–H and O–H groups in total. The average molecular weight is 584 g/mol. The number of carbonyl (C=O) groups is 3. The molecule has 4 aromatic rings. The van der Waals surface area contributed by atoms with Gasteiger partial charge in [-0.1, -0.05) is 57.2 Å². The van der Waals surface area contributed by atoms with Gasteiger partial charge in [-0.05, 0) is 88.8 Å². The molecule has 6 nitrogen and oxygen atoms in total. The summed E-state index contributed by atoms with van der Waals surface area (Å²) in [6, 6.07) is 25.9. The predicted molar refractivity (Wildman–Crippen MR) is 170 cm³/mol. The van der Waals surface area contributed by atoms with Crippen molar-refractivity contribution in [1.29, 1.82) is 0 Å². The summed E-state index contributed by atoms with van der Waals surface area (Å²) in [5, 5.41) is 12.1. The highest BCUT2D eigenvalue weighted by Crippen LogP contribution is 2.29. The molecule has 1 atom stereocenters. The molecule has 3 aromatic carbocycles. The highest BCUT2D eigenvalue weighted by atomic mass is 32.2. The second-order valence-electron chi connectivity index (χ2n) is 9.70. The predicted octanol–water partition coefficient (Wildman–Crippen LogP) is 7.79. The van der Waals surface area contributed by atoms with E-state index in [1.54, 1.807) is 36.4 Å². The van der Waals surface area contributed by atoms with Gasteiger partial charge >= 0.3 is 0 Å². The summed E-state index contributed by atoms with van der Waals surface area (Å²) >= 11 is 2.94. The number of hydrogen-bond donors (Lipinski definition) is 3. The van der Waals surface area contributed by atoms with E-state index in [2.05, 4.69) is 29.8 Å². The molecule has 4 rings (SSSR count). The zero-order valence-electron chi connectivity index (χ0n) is 23.2. The van der Waals surface area contributed by atoms with Gasteiger partial charge in [-0.2, -0.15) is 11.3 Å². The van der Waals surface area contributed by atoms with Crippen LogP contribution >= 0.6 is 23.1 Å². The zero-order chi connectivity index (χ0) is 29.2. The monoisotopic (exact) mass is 583 g/mol. The van der Waals surface area contributed by atoms with Crippen molar-refractivity contribution in [3.05, 3.63) is 118 Å². The van der Waals surface area contributed by atoms with Crippen LogP contribution in [0.25, 0.3) is 6.08 Å². The Balaban J connectivity index is 1.44. The van der Waals surface area contributed by atoms with Gasteiger partial charge in [0.05, 0.1) is 5.25 Å². The van der Waals surface area contributed by atoms with Gasteiger partial charge in [0, 0.05) is 21.8 Å². The molecule has 0 saturated carbocycles. The molecule has 0 aliphatic heterocycles. The van der Waals surface area contributed by atoms with E-state index < -0.39 is 5.91 Å². The van der Waals surface area contributed by atoms with Gasteiger partial charge < -0.3 is 16.0 Å². The first-order valence-corrected chi connectivity index (χ1v) is 15.2. The molecule has 0 fully saturated rings. The number of nitrogens with one attached hydrogen (secondary N) is 3. The number of thioether (sulfide) groups is 1. The largest absolute Gasteiger partial charge is 0.325 e. The number of rotatable bonds is 11. The second kappa shape index (κ2) is 14.5. The maximum absolute atomic E-state index is 13.3. The summed E-state index contributed by atoms with van der Waals surface area (Å²) in [5.74, 6) is -0.470. The molecule has 1 heterocycles. The number of anilines is 2. The minimum Gasteiger partial charge on any atom is -0.325 e. The zero-order valence-corrected chi connectivity index (χ0v) is 24.9. The van der Waals surface area contributed by atoms with E-state index in [4.69, 9.17) is 0 Å². The first-order chi connectivity index (χ1) is 19.8. The third-order valence-electron chi connectivity index (χ3n) is 6.26. The fourth-order valence-electron chi connectivity index (χ4n) is 3.97. The van der Waals surface area contributed by atoms with Crippen LogP contribution in [0.15, 0.2) is 106 Å². The van der Waals surface area contributed by atoms with E-state index in [9.17, 15) is 14.4 Å². The van der Waals surface area contributed by atoms with Crippen molar-refractivity contribution in [2.45, 2.75) is 43.3 Å². The molecule has 0 spiro atoms. The fraction of sp³-hybridized carbons (Fsp3) is 0.182. The molecule has 3 amide bonds. The van der Waals surface area contributed by atoms with Crippen molar-refractivity contribution >= 4 is 58.3 Å². The van der Waals surface area contributed by atoms with Gasteiger partial charge in [0.15, 0.2) is 0 Å². The maximum Gasteiger partial charge on any atom is 0.272 e. The van der Waals surface area contributed by atoms with E-state index in [0.717, 1.165) is 16.1 Å². The molecule has 0 aliphatic rings. The van der Waals surface area contributed by atoms with Crippen molar-refractivity contribution in [2.75, 3.05) is 10.6 Å². The quantitative estimate of drug-likeness (QED) is 0.124. The minimum atomic E-state index is -0.447. The fourth-order valence-corrected chi connectivity index (χ4v) is 5.60. The van der Waals surface area contributed by atoms with Crippen LogP contribution in [-0.4, -0.2) is 23.0 Å². The number of carbonyl (C=O) groups excluding carboxylic acids is 3. The van der Waals surface area contributed by atoms with Crippen LogP contribution in [-0.2, 0) is 9.59 Å². The van der Waals surface area contributed by atoms with Crippen molar-refractivity contribution in [1.82, 2.24) is 5.32 Å². The third-order valence-corrected chi connectivity index (χ3v) is 8.32. The number of benzene rings is 3. The van der Waals surface area contributed by atoms with Gasteiger partial charge in [0.25, 0.3) is 11.8 Å². The summed E-state index contributed by atoms with van der Waals surface area (Å²) in [7, 11) is 0. The van der Waals surface area contributed by atoms with Crippen molar-refractivity contribution in [2.24, 2.45) is 0 Å². The minimum absolute atomic E-state index is 0.0751. The molecular formula is C33H33N3O3S2. The smallest absolute Gasteiger partial charge is 0.272 e. The lowest BCUT2D eigenvalue weighted by atomic mass is 10.0. The third kappa shape index (κ3) is 8.67. The van der Waals surface area contributed by atoms with Crippen LogP contribution < -0.4 is 16.0 Å². The SMILES string of the molecule is CCC(Sc1cccc(NC(=O)/C(=C/c2ccsc2)NC(=O)c2ccccc2)c1)C(=O)Nc1ccc(C(C)C)cc1. The van der Waals surface area contributed by atoms with Gasteiger partial charge in [-0.3, -0.25) is 14.4 Å². The lowest BCUT2D eigenvalue weighted by Gasteiger charge is -2.16. The van der Waals surface area contributed by atoms with E-state index in [-0.39, 0.29) is 22.8 Å². The maximum atomic E-state index is 13.3. The van der Waals surface area contributed by atoms with Gasteiger partial charge in [0.2, 0.25) is 5.91 Å². The topological polar surface area (TPSA) is 87.3 Å². The standard InChI is InChI=1S/C33H33N3O3S2/c1-4-30(33(39)34-26-15-13-24(14-16-26)22(2)3)41-28-12-8-11-27(20-28)35-32(38)29(19-23-17-18-40-21-23)36-31(37)25-9-6-5-7-10-25/h5-22,30H,4H2,1-3H3,(H,34,39)(H,35,38)(H,36,37)/b29-19-. The van der Waals surface area contributed by atoms with Gasteiger partial charge in [0.1, 0.15) is 5.70 Å². The highest BCUT2D eigenvalue weighted by molar-refractivity contribution is 8.00. The molecule has 41 heavy (non-hydrogen) atoms. The molecule has 1 unspecified atom stereocenters. The number of thiophene rings is 1. The summed E-state index contributed by atoms with van der Waals surface area (Å²) in [6.07, 6.45) is 2.28. The molecule has 8 heteroatoms. The van der Waals surface area contributed by atoms with E-state index in [1.807, 2.05) is 72.3 Å². The van der Waals surface area contributed by atoms with Crippen LogP contribution in [0.2, 0.25) is 0 Å². The van der Waals surface area contributed by atoms with E-state index in [0.29, 0.717) is 23.6 Å². The molecule has 0 bridgehead atoms. The summed E-state index contributed by atoms with van der Waals surface area (Å²) in [6.45, 7) is 6.24. The first-order valence-electron chi connectivity index (χ1n) is 13.4. The van der Waals surface area contributed by atoms with Crippen molar-refractivity contribution in [3.63, 3.8) is 0 Å². The number of amides is 3. The Bertz CT molecular complexity index is 1500. The van der Waals surface area contributed by atoms with Gasteiger partial charge in [-0.15, -0.1) is 11.8 Å². The second-order valence-corrected chi connectivity index (χ2v) is 11.8. The average Bonchev–Trinajstić information content (AvgIpc) is 3.49. The van der Waals surface area contributed by atoms with Crippen LogP contribution in [0, 0.1) is 0 Å². The Labute approximate surface area is 249 Å². The molecule has 0 radical (unpaired) electrons. The summed E-state index contributed by atoms with van der Waals surface area (Å²) in [4.78, 5) is 40.0. The van der Waals surface area contributed by atoms with E-state index >= 15 is 0 Å². The van der Waals surface area contributed by atoms with Crippen molar-refractivity contribution in [3.8, 4) is 0 Å². The first kappa shape index (κ1) is 29.8. The molecular weight excluding hydrogens is 551 g/mol. The summed E-state index contributed by atoms with van der Waals surface area (Å²) < 4.78 is 0. The van der Waals surface area contributed by atoms with Crippen LogP contribution in [0.5, 0.6) is 0 Å². The molecule has 1 aromatic heterocycles. The Morgan fingerprint density at radius 1 is 0.878 bits per heavy atom. The van der Waals surface area contributed by atoms with Gasteiger partial charge in [-0.25, -0.2) is 0 Å². The number of hydrogen-bond acceptors (Lipinski definition) is 5.